The standard InChI is InChI=1S/C10H9N3/c1-2-3-8-4-5-13-10(7-12)9(8)6-11/h4-5H,2-3H2,1H3. The van der Waals surface area contributed by atoms with Gasteiger partial charge in [-0.1, -0.05) is 13.3 Å². The highest BCUT2D eigenvalue weighted by atomic mass is 14.7. The van der Waals surface area contributed by atoms with Gasteiger partial charge in [0, 0.05) is 6.20 Å². The van der Waals surface area contributed by atoms with Gasteiger partial charge in [0.15, 0.2) is 5.69 Å². The van der Waals surface area contributed by atoms with Crippen LogP contribution in [0.25, 0.3) is 0 Å². The topological polar surface area (TPSA) is 60.5 Å². The molecule has 1 heterocycles. The van der Waals surface area contributed by atoms with Gasteiger partial charge in [-0.25, -0.2) is 4.98 Å². The smallest absolute Gasteiger partial charge is 0.158 e. The quantitative estimate of drug-likeness (QED) is 0.681. The summed E-state index contributed by atoms with van der Waals surface area (Å²) in [5.74, 6) is 0. The SMILES string of the molecule is CCCc1ccnc(C#N)c1C#N. The minimum atomic E-state index is 0.230. The number of aromatic nitrogens is 1. The molecule has 0 atom stereocenters. The Morgan fingerprint density at radius 3 is 2.69 bits per heavy atom. The van der Waals surface area contributed by atoms with Crippen LogP contribution in [0.15, 0.2) is 12.3 Å². The molecule has 1 aromatic rings. The molecular weight excluding hydrogens is 162 g/mol. The molecule has 0 saturated carbocycles. The second-order valence-corrected chi connectivity index (χ2v) is 2.67. The molecule has 0 saturated heterocycles. The summed E-state index contributed by atoms with van der Waals surface area (Å²) < 4.78 is 0. The van der Waals surface area contributed by atoms with Crippen molar-refractivity contribution in [1.82, 2.24) is 4.98 Å². The van der Waals surface area contributed by atoms with Crippen LogP contribution < -0.4 is 0 Å². The van der Waals surface area contributed by atoms with Crippen molar-refractivity contribution in [3.05, 3.63) is 29.1 Å². The van der Waals surface area contributed by atoms with E-state index < -0.39 is 0 Å². The molecule has 3 heteroatoms. The molecule has 0 aliphatic heterocycles. The maximum absolute atomic E-state index is 8.82. The Hall–Kier alpha value is -1.87. The van der Waals surface area contributed by atoms with Crippen LogP contribution in [0.2, 0.25) is 0 Å². The second kappa shape index (κ2) is 4.23. The van der Waals surface area contributed by atoms with Crippen molar-refractivity contribution >= 4 is 0 Å². The molecule has 0 N–H and O–H groups in total. The molecule has 0 radical (unpaired) electrons. The fraction of sp³-hybridized carbons (Fsp3) is 0.300. The molecule has 1 aromatic heterocycles. The minimum Gasteiger partial charge on any atom is -0.244 e. The zero-order chi connectivity index (χ0) is 9.68. The second-order valence-electron chi connectivity index (χ2n) is 2.67. The molecule has 0 bridgehead atoms. The third-order valence-electron chi connectivity index (χ3n) is 1.77. The lowest BCUT2D eigenvalue weighted by molar-refractivity contribution is 0.912. The summed E-state index contributed by atoms with van der Waals surface area (Å²) >= 11 is 0. The van der Waals surface area contributed by atoms with Crippen molar-refractivity contribution in [2.24, 2.45) is 0 Å². The van der Waals surface area contributed by atoms with Crippen LogP contribution in [0.4, 0.5) is 0 Å². The molecule has 13 heavy (non-hydrogen) atoms. The zero-order valence-corrected chi connectivity index (χ0v) is 7.41. The van der Waals surface area contributed by atoms with Gasteiger partial charge < -0.3 is 0 Å². The number of nitrogens with zero attached hydrogens (tertiary/aromatic N) is 3. The van der Waals surface area contributed by atoms with E-state index in [1.54, 1.807) is 12.3 Å². The highest BCUT2D eigenvalue weighted by Crippen LogP contribution is 2.12. The van der Waals surface area contributed by atoms with E-state index in [1.165, 1.54) is 0 Å². The first kappa shape index (κ1) is 9.22. The summed E-state index contributed by atoms with van der Waals surface area (Å²) in [6, 6.07) is 5.72. The summed E-state index contributed by atoms with van der Waals surface area (Å²) in [6.45, 7) is 2.04. The minimum absolute atomic E-state index is 0.230. The lowest BCUT2D eigenvalue weighted by atomic mass is 10.0. The number of nitriles is 2. The van der Waals surface area contributed by atoms with Crippen molar-refractivity contribution in [3.8, 4) is 12.1 Å². The monoisotopic (exact) mass is 171 g/mol. The van der Waals surface area contributed by atoms with Crippen LogP contribution >= 0.6 is 0 Å². The Labute approximate surface area is 77.3 Å². The van der Waals surface area contributed by atoms with E-state index in [0.717, 1.165) is 18.4 Å². The maximum Gasteiger partial charge on any atom is 0.158 e. The Bertz CT molecular complexity index is 382. The number of rotatable bonds is 2. The Balaban J connectivity index is 3.23. The van der Waals surface area contributed by atoms with Crippen LogP contribution in [0.5, 0.6) is 0 Å². The molecule has 0 aliphatic rings. The first-order valence-corrected chi connectivity index (χ1v) is 4.11. The fourth-order valence-corrected chi connectivity index (χ4v) is 1.19. The maximum atomic E-state index is 8.82. The fourth-order valence-electron chi connectivity index (χ4n) is 1.19. The predicted octanol–water partition coefficient (Wildman–Crippen LogP) is 1.78. The van der Waals surface area contributed by atoms with Gasteiger partial charge in [0.25, 0.3) is 0 Å². The predicted molar refractivity (Wildman–Crippen MR) is 47.7 cm³/mol. The summed E-state index contributed by atoms with van der Waals surface area (Å²) in [6.07, 6.45) is 3.36. The number of hydrogen-bond donors (Lipinski definition) is 0. The Morgan fingerprint density at radius 1 is 1.38 bits per heavy atom. The van der Waals surface area contributed by atoms with Crippen molar-refractivity contribution < 1.29 is 0 Å². The Kier molecular flexibility index (Phi) is 3.00. The van der Waals surface area contributed by atoms with Gasteiger partial charge in [-0.15, -0.1) is 0 Å². The molecule has 0 aliphatic carbocycles. The van der Waals surface area contributed by atoms with Crippen LogP contribution in [0.1, 0.15) is 30.2 Å². The lowest BCUT2D eigenvalue weighted by Crippen LogP contribution is -1.95. The van der Waals surface area contributed by atoms with Gasteiger partial charge in [-0.2, -0.15) is 10.5 Å². The molecule has 0 aromatic carbocycles. The molecule has 3 nitrogen and oxygen atoms in total. The Morgan fingerprint density at radius 2 is 2.15 bits per heavy atom. The summed E-state index contributed by atoms with van der Waals surface area (Å²) in [7, 11) is 0. The molecular formula is C10H9N3. The normalized spacial score (nSPS) is 8.85. The van der Waals surface area contributed by atoms with Gasteiger partial charge in [-0.05, 0) is 18.1 Å². The first-order chi connectivity index (χ1) is 6.33. The van der Waals surface area contributed by atoms with Crippen LogP contribution in [0.3, 0.4) is 0 Å². The van der Waals surface area contributed by atoms with Crippen molar-refractivity contribution in [2.75, 3.05) is 0 Å². The van der Waals surface area contributed by atoms with Gasteiger partial charge in [0.1, 0.15) is 12.1 Å². The van der Waals surface area contributed by atoms with Crippen LogP contribution in [-0.4, -0.2) is 4.98 Å². The van der Waals surface area contributed by atoms with Crippen molar-refractivity contribution in [2.45, 2.75) is 19.8 Å². The molecule has 0 amide bonds. The summed E-state index contributed by atoms with van der Waals surface area (Å²) in [5.41, 5.74) is 1.57. The molecule has 1 rings (SSSR count). The van der Waals surface area contributed by atoms with E-state index in [2.05, 4.69) is 4.98 Å². The van der Waals surface area contributed by atoms with Gasteiger partial charge in [0.2, 0.25) is 0 Å². The third kappa shape index (κ3) is 1.83. The first-order valence-electron chi connectivity index (χ1n) is 4.11. The lowest BCUT2D eigenvalue weighted by Gasteiger charge is -2.01. The zero-order valence-electron chi connectivity index (χ0n) is 7.41. The average Bonchev–Trinajstić information content (AvgIpc) is 2.18. The number of aryl methyl sites for hydroxylation is 1. The van der Waals surface area contributed by atoms with Gasteiger partial charge in [0.05, 0.1) is 5.56 Å². The highest BCUT2D eigenvalue weighted by Gasteiger charge is 2.07. The highest BCUT2D eigenvalue weighted by molar-refractivity contribution is 5.46. The van der Waals surface area contributed by atoms with E-state index in [9.17, 15) is 0 Å². The number of pyridine rings is 1. The van der Waals surface area contributed by atoms with Crippen molar-refractivity contribution in [1.29, 1.82) is 10.5 Å². The average molecular weight is 171 g/mol. The van der Waals surface area contributed by atoms with E-state index >= 15 is 0 Å². The molecule has 0 fully saturated rings. The van der Waals surface area contributed by atoms with Crippen LogP contribution in [-0.2, 0) is 6.42 Å². The van der Waals surface area contributed by atoms with E-state index in [0.29, 0.717) is 5.56 Å². The van der Waals surface area contributed by atoms with Gasteiger partial charge in [-0.3, -0.25) is 0 Å². The van der Waals surface area contributed by atoms with Crippen molar-refractivity contribution in [3.63, 3.8) is 0 Å². The third-order valence-corrected chi connectivity index (χ3v) is 1.77. The van der Waals surface area contributed by atoms with E-state index in [-0.39, 0.29) is 5.69 Å². The summed E-state index contributed by atoms with van der Waals surface area (Å²) in [4.78, 5) is 3.83. The molecule has 64 valence electrons. The number of hydrogen-bond acceptors (Lipinski definition) is 3. The molecule has 0 unspecified atom stereocenters. The van der Waals surface area contributed by atoms with E-state index in [4.69, 9.17) is 10.5 Å². The largest absolute Gasteiger partial charge is 0.244 e. The molecule has 0 spiro atoms. The summed E-state index contributed by atoms with van der Waals surface area (Å²) in [5, 5.41) is 17.5. The van der Waals surface area contributed by atoms with Gasteiger partial charge >= 0.3 is 0 Å². The van der Waals surface area contributed by atoms with E-state index in [1.807, 2.05) is 19.1 Å². The van der Waals surface area contributed by atoms with Crippen LogP contribution in [0, 0.1) is 22.7 Å².